The van der Waals surface area contributed by atoms with Crippen molar-refractivity contribution in [2.45, 2.75) is 39.5 Å². The van der Waals surface area contributed by atoms with Crippen molar-refractivity contribution in [3.05, 3.63) is 59.9 Å². The van der Waals surface area contributed by atoms with Crippen LogP contribution in [0.5, 0.6) is 5.75 Å². The van der Waals surface area contributed by atoms with Crippen molar-refractivity contribution in [3.63, 3.8) is 0 Å². The number of amides is 5. The van der Waals surface area contributed by atoms with E-state index in [4.69, 9.17) is 57.8 Å². The highest BCUT2D eigenvalue weighted by atomic mass is 16.6. The van der Waals surface area contributed by atoms with E-state index >= 15 is 0 Å². The molecule has 2 aromatic rings. The molecule has 0 atom stereocenters. The van der Waals surface area contributed by atoms with Crippen LogP contribution in [0.25, 0.3) is 17.2 Å². The lowest BCUT2D eigenvalue weighted by Crippen LogP contribution is -2.41. The summed E-state index contributed by atoms with van der Waals surface area (Å²) in [6.45, 7) is 14.3. The lowest BCUT2D eigenvalue weighted by Gasteiger charge is -2.22. The Kier molecular flexibility index (Phi) is 32.7. The molecule has 0 radical (unpaired) electrons. The van der Waals surface area contributed by atoms with Gasteiger partial charge in [0, 0.05) is 62.0 Å². The van der Waals surface area contributed by atoms with Crippen molar-refractivity contribution in [3.8, 4) is 16.9 Å². The molecule has 0 bridgehead atoms. The van der Waals surface area contributed by atoms with Crippen LogP contribution >= 0.6 is 0 Å². The Hall–Kier alpha value is -5.73. The highest BCUT2D eigenvalue weighted by molar-refractivity contribution is 6.14. The summed E-state index contributed by atoms with van der Waals surface area (Å²) in [6.07, 6.45) is 8.09. The molecule has 2 aliphatic heterocycles. The van der Waals surface area contributed by atoms with Crippen molar-refractivity contribution in [2.24, 2.45) is 10.7 Å². The normalized spacial score (nSPS) is 13.1. The number of carbonyl (C=O) groups excluding carboxylic acids is 5. The van der Waals surface area contributed by atoms with E-state index in [9.17, 15) is 24.0 Å². The Bertz CT molecular complexity index is 2080. The summed E-state index contributed by atoms with van der Waals surface area (Å²) in [7, 11) is 0. The lowest BCUT2D eigenvalue weighted by atomic mass is 10.1. The molecule has 4 rings (SSSR count). The molecule has 0 fully saturated rings. The van der Waals surface area contributed by atoms with Crippen LogP contribution in [0.3, 0.4) is 0 Å². The topological polar surface area (TPSA) is 269 Å². The summed E-state index contributed by atoms with van der Waals surface area (Å²) >= 11 is 0. The number of imide groups is 1. The maximum atomic E-state index is 13.3. The Balaban J connectivity index is 0.837. The first-order valence-corrected chi connectivity index (χ1v) is 26.1. The highest BCUT2D eigenvalue weighted by Gasteiger charge is 2.25. The van der Waals surface area contributed by atoms with Crippen LogP contribution in [0.4, 0.5) is 5.69 Å². The molecule has 0 saturated carbocycles. The molecule has 0 aliphatic carbocycles. The van der Waals surface area contributed by atoms with Crippen molar-refractivity contribution in [1.82, 2.24) is 25.4 Å². The largest absolute Gasteiger partial charge is 0.492 e. The van der Waals surface area contributed by atoms with Crippen molar-refractivity contribution in [2.75, 3.05) is 171 Å². The summed E-state index contributed by atoms with van der Waals surface area (Å²) in [5.41, 5.74) is 9.85. The van der Waals surface area contributed by atoms with E-state index in [1.165, 1.54) is 0 Å². The number of fused-ring (bicyclic) bond motifs is 1. The molecule has 23 heteroatoms. The van der Waals surface area contributed by atoms with Crippen LogP contribution < -0.4 is 21.1 Å². The zero-order valence-corrected chi connectivity index (χ0v) is 44.3. The molecular weight excluding hydrogens is 991 g/mol. The van der Waals surface area contributed by atoms with E-state index in [1.54, 1.807) is 12.3 Å². The second-order valence-electron chi connectivity index (χ2n) is 16.9. The highest BCUT2D eigenvalue weighted by Crippen LogP contribution is 2.31. The number of nitrogens with zero attached hydrogens (tertiary/aromatic N) is 4. The Morgan fingerprint density at radius 3 is 1.53 bits per heavy atom. The zero-order chi connectivity index (χ0) is 54.3. The van der Waals surface area contributed by atoms with Gasteiger partial charge in [0.05, 0.1) is 150 Å². The monoisotopic (exact) mass is 1070 g/mol. The fraction of sp³-hybridized carbons (Fsp3) is 0.604. The number of hydrogen-bond acceptors (Lipinski definition) is 19. The summed E-state index contributed by atoms with van der Waals surface area (Å²) in [6, 6.07) is 9.50. The number of aromatic nitrogens is 1. The third-order valence-electron chi connectivity index (χ3n) is 10.9. The number of nitrogens with one attached hydrogen (secondary N) is 2. The summed E-state index contributed by atoms with van der Waals surface area (Å²) < 4.78 is 60.7. The quantitative estimate of drug-likeness (QED) is 0.0634. The first-order valence-electron chi connectivity index (χ1n) is 26.1. The molecule has 0 spiro atoms. The second-order valence-corrected chi connectivity index (χ2v) is 16.9. The smallest absolute Gasteiger partial charge is 0.254 e. The van der Waals surface area contributed by atoms with Gasteiger partial charge in [0.25, 0.3) is 11.8 Å². The van der Waals surface area contributed by atoms with Gasteiger partial charge in [-0.1, -0.05) is 26.0 Å². The number of pyridine rings is 1. The predicted molar refractivity (Wildman–Crippen MR) is 281 cm³/mol. The molecular formula is C53H79N7O16. The number of carbonyl (C=O) groups is 5. The fourth-order valence-corrected chi connectivity index (χ4v) is 7.11. The van der Waals surface area contributed by atoms with Gasteiger partial charge in [-0.05, 0) is 42.7 Å². The molecule has 0 saturated heterocycles. The van der Waals surface area contributed by atoms with Crippen molar-refractivity contribution in [1.29, 1.82) is 0 Å². The molecule has 3 heterocycles. The minimum absolute atomic E-state index is 0.0274. The average molecular weight is 1070 g/mol. The lowest BCUT2D eigenvalue weighted by molar-refractivity contribution is -0.141. The van der Waals surface area contributed by atoms with Gasteiger partial charge in [-0.3, -0.25) is 33.9 Å². The molecule has 76 heavy (non-hydrogen) atoms. The Morgan fingerprint density at radius 2 is 1.04 bits per heavy atom. The Labute approximate surface area is 446 Å². The minimum Gasteiger partial charge on any atom is -0.492 e. The fourth-order valence-electron chi connectivity index (χ4n) is 7.11. The van der Waals surface area contributed by atoms with Gasteiger partial charge in [0.15, 0.2) is 0 Å². The average Bonchev–Trinajstić information content (AvgIpc) is 3.62. The number of hydrogen-bond donors (Lipinski definition) is 3. The number of amidine groups is 1. The van der Waals surface area contributed by atoms with Crippen molar-refractivity contribution >= 4 is 47.1 Å². The van der Waals surface area contributed by atoms with Crippen LogP contribution in [0.15, 0.2) is 59.2 Å². The van der Waals surface area contributed by atoms with E-state index in [0.29, 0.717) is 174 Å². The minimum atomic E-state index is -0.498. The molecule has 23 nitrogen and oxygen atoms in total. The van der Waals surface area contributed by atoms with Gasteiger partial charge in [-0.15, -0.1) is 0 Å². The van der Waals surface area contributed by atoms with E-state index < -0.39 is 17.7 Å². The van der Waals surface area contributed by atoms with E-state index in [0.717, 1.165) is 41.0 Å². The maximum absolute atomic E-state index is 13.3. The molecule has 4 N–H and O–H groups in total. The third kappa shape index (κ3) is 26.8. The number of aliphatic imine (C=N–C) groups is 1. The van der Waals surface area contributed by atoms with Crippen LogP contribution in [-0.4, -0.2) is 222 Å². The van der Waals surface area contributed by atoms with Gasteiger partial charge in [0.1, 0.15) is 24.7 Å². The van der Waals surface area contributed by atoms with Gasteiger partial charge < -0.3 is 73.4 Å². The first kappa shape index (κ1) is 62.8. The van der Waals surface area contributed by atoms with Gasteiger partial charge in [0.2, 0.25) is 17.7 Å². The van der Waals surface area contributed by atoms with Crippen LogP contribution in [0.2, 0.25) is 0 Å². The first-order chi connectivity index (χ1) is 37.2. The van der Waals surface area contributed by atoms with E-state index in [-0.39, 0.29) is 51.0 Å². The standard InChI is InChI=1S/C53H79N7O16/c1-3-14-59(15-4-2)53(65)43-37-46-47(58-48(54)39-43)38-44(40-57-46)42-5-7-45(8-6-42)76-18-13-55-49(61)11-16-66-19-21-68-23-25-70-27-29-72-31-33-74-35-36-75-34-32-73-30-28-71-26-24-69-22-20-67-17-12-56-50(62)41-60-51(63)9-10-52(60)64/h5-10,37-38,40H,3-4,11-36,39,41H2,1-2H3,(H2,54,58)(H,55,61)(H,56,62). The summed E-state index contributed by atoms with van der Waals surface area (Å²) in [4.78, 5) is 72.3. The van der Waals surface area contributed by atoms with E-state index in [1.807, 2.05) is 35.2 Å². The molecule has 5 amide bonds. The number of ether oxygens (including phenoxy) is 11. The van der Waals surface area contributed by atoms with Crippen LogP contribution in [0.1, 0.15) is 45.2 Å². The predicted octanol–water partition coefficient (Wildman–Crippen LogP) is 2.27. The van der Waals surface area contributed by atoms with Gasteiger partial charge in [-0.25, -0.2) is 4.99 Å². The van der Waals surface area contributed by atoms with Gasteiger partial charge >= 0.3 is 0 Å². The summed E-state index contributed by atoms with van der Waals surface area (Å²) in [5.74, 6) is -0.553. The van der Waals surface area contributed by atoms with Crippen LogP contribution in [-0.2, 0) is 71.3 Å². The molecule has 1 aromatic heterocycles. The number of nitrogens with two attached hydrogens (primary N) is 1. The number of benzene rings is 1. The SMILES string of the molecule is CCCN(CCC)C(=O)C1=Cc2ncc(-c3ccc(OCCNC(=O)CCOCCOCCOCCOCCOCCOCCOCCOCCOCCOCCNC(=O)CN4C(=O)C=CC4=O)cc3)cc2N=C(N)C1. The molecule has 422 valence electrons. The zero-order valence-electron chi connectivity index (χ0n) is 44.3. The molecule has 2 aliphatic rings. The van der Waals surface area contributed by atoms with Gasteiger partial charge in [-0.2, -0.15) is 0 Å². The van der Waals surface area contributed by atoms with Crippen molar-refractivity contribution < 1.29 is 76.1 Å². The maximum Gasteiger partial charge on any atom is 0.254 e. The number of rotatable bonds is 45. The Morgan fingerprint density at radius 1 is 0.592 bits per heavy atom. The summed E-state index contributed by atoms with van der Waals surface area (Å²) in [5, 5.41) is 5.43. The molecule has 0 unspecified atom stereocenters. The third-order valence-corrected chi connectivity index (χ3v) is 10.9. The molecule has 1 aromatic carbocycles. The van der Waals surface area contributed by atoms with Crippen LogP contribution in [0, 0.1) is 0 Å². The second kappa shape index (κ2) is 39.6. The van der Waals surface area contributed by atoms with E-state index in [2.05, 4.69) is 34.5 Å².